The minimum atomic E-state index is -1.48. The summed E-state index contributed by atoms with van der Waals surface area (Å²) in [4.78, 5) is 54.4. The summed E-state index contributed by atoms with van der Waals surface area (Å²) >= 11 is 0. The van der Waals surface area contributed by atoms with Crippen molar-refractivity contribution in [3.05, 3.63) is 90.3 Å². The van der Waals surface area contributed by atoms with Gasteiger partial charge in [0.05, 0.1) is 19.1 Å². The lowest BCUT2D eigenvalue weighted by molar-refractivity contribution is -0.168. The Kier molecular flexibility index (Phi) is 8.52. The van der Waals surface area contributed by atoms with Gasteiger partial charge in [-0.1, -0.05) is 53.4 Å². The van der Waals surface area contributed by atoms with E-state index in [1.807, 2.05) is 60.7 Å². The van der Waals surface area contributed by atoms with Gasteiger partial charge in [-0.05, 0) is 42.8 Å². The van der Waals surface area contributed by atoms with Crippen LogP contribution in [0.2, 0.25) is 0 Å². The lowest BCUT2D eigenvalue weighted by Gasteiger charge is -2.29. The largest absolute Gasteiger partial charge is 0.465 e. The highest BCUT2D eigenvalue weighted by molar-refractivity contribution is 6.01. The first kappa shape index (κ1) is 27.8. The highest BCUT2D eigenvalue weighted by Gasteiger charge is 2.55. The molecule has 0 bridgehead atoms. The van der Waals surface area contributed by atoms with E-state index in [4.69, 9.17) is 14.3 Å². The lowest BCUT2D eigenvalue weighted by Crippen LogP contribution is -2.43. The zero-order chi connectivity index (χ0) is 28.8. The molecule has 11 heteroatoms. The number of carbonyl (C=O) groups is 3. The first-order valence-electron chi connectivity index (χ1n) is 13.5. The van der Waals surface area contributed by atoms with Crippen molar-refractivity contribution in [2.75, 3.05) is 19.8 Å². The van der Waals surface area contributed by atoms with Gasteiger partial charge < -0.3 is 19.2 Å². The second kappa shape index (κ2) is 12.6. The second-order valence-corrected chi connectivity index (χ2v) is 9.64. The van der Waals surface area contributed by atoms with E-state index >= 15 is 0 Å². The predicted octanol–water partition coefficient (Wildman–Crippen LogP) is 3.01. The Hall–Kier alpha value is -4.80. The van der Waals surface area contributed by atoms with Crippen molar-refractivity contribution >= 4 is 28.9 Å². The average molecular weight is 558 g/mol. The van der Waals surface area contributed by atoms with Crippen molar-refractivity contribution in [3.8, 4) is 0 Å². The maximum atomic E-state index is 14.1. The zero-order valence-electron chi connectivity index (χ0n) is 22.8. The SMILES string of the molecule is CCOC(=O)C(C(=O)OCC)[C@H]1C(=O)N(Cc2ccccc2)CC1C(On1nnc2ccccc21)c1cccnc1. The van der Waals surface area contributed by atoms with Crippen LogP contribution in [0.4, 0.5) is 0 Å². The van der Waals surface area contributed by atoms with Gasteiger partial charge in [0.1, 0.15) is 11.0 Å². The molecule has 4 aromatic rings. The molecule has 5 rings (SSSR count). The van der Waals surface area contributed by atoms with E-state index in [0.717, 1.165) is 5.56 Å². The number of carbonyl (C=O) groups excluding carboxylic acids is 3. The molecule has 41 heavy (non-hydrogen) atoms. The van der Waals surface area contributed by atoms with Crippen molar-refractivity contribution < 1.29 is 28.7 Å². The van der Waals surface area contributed by atoms with Crippen LogP contribution in [0.5, 0.6) is 0 Å². The van der Waals surface area contributed by atoms with Gasteiger partial charge in [-0.15, -0.1) is 5.10 Å². The highest BCUT2D eigenvalue weighted by atomic mass is 16.7. The molecule has 1 amide bonds. The van der Waals surface area contributed by atoms with Crippen LogP contribution < -0.4 is 4.84 Å². The van der Waals surface area contributed by atoms with E-state index in [1.165, 1.54) is 4.85 Å². The van der Waals surface area contributed by atoms with Crippen molar-refractivity contribution in [2.24, 2.45) is 17.8 Å². The van der Waals surface area contributed by atoms with Crippen LogP contribution in [0.15, 0.2) is 79.1 Å². The standard InChI is InChI=1S/C30H31N5O6/c1-3-39-29(37)26(30(38)40-4-2)25-22(19-34(28(25)36)18-20-11-6-5-7-12-20)27(21-13-10-16-31-17-21)41-35-24-15-9-8-14-23(24)32-33-35/h5-17,22,25-27H,3-4,18-19H2,1-2H3/t22?,25-,27?/m0/s1. The number of ether oxygens (including phenoxy) is 2. The number of likely N-dealkylation sites (tertiary alicyclic amines) is 1. The van der Waals surface area contributed by atoms with Gasteiger partial charge in [0.2, 0.25) is 5.91 Å². The third-order valence-corrected chi connectivity index (χ3v) is 7.08. The van der Waals surface area contributed by atoms with E-state index in [2.05, 4.69) is 15.3 Å². The number of hydrogen-bond donors (Lipinski definition) is 0. The molecule has 1 saturated heterocycles. The molecule has 1 aliphatic heterocycles. The number of hydrogen-bond acceptors (Lipinski definition) is 9. The minimum absolute atomic E-state index is 0.0432. The molecule has 3 heterocycles. The Bertz CT molecular complexity index is 1480. The van der Waals surface area contributed by atoms with E-state index in [-0.39, 0.29) is 32.2 Å². The summed E-state index contributed by atoms with van der Waals surface area (Å²) in [7, 11) is 0. The first-order valence-corrected chi connectivity index (χ1v) is 13.5. The smallest absolute Gasteiger partial charge is 0.321 e. The number of nitrogens with zero attached hydrogens (tertiary/aromatic N) is 5. The predicted molar refractivity (Wildman–Crippen MR) is 147 cm³/mol. The van der Waals surface area contributed by atoms with Crippen LogP contribution in [0, 0.1) is 17.8 Å². The second-order valence-electron chi connectivity index (χ2n) is 9.64. The number of benzene rings is 2. The zero-order valence-corrected chi connectivity index (χ0v) is 22.8. The van der Waals surface area contributed by atoms with Crippen LogP contribution in [-0.4, -0.2) is 62.6 Å². The molecule has 0 radical (unpaired) electrons. The molecular formula is C30H31N5O6. The molecule has 0 N–H and O–H groups in total. The Morgan fingerprint density at radius 3 is 2.34 bits per heavy atom. The molecule has 0 spiro atoms. The topological polar surface area (TPSA) is 126 Å². The van der Waals surface area contributed by atoms with Gasteiger partial charge in [0.15, 0.2) is 12.0 Å². The molecule has 3 atom stereocenters. The number of aromatic nitrogens is 4. The third-order valence-electron chi connectivity index (χ3n) is 7.08. The number of esters is 2. The summed E-state index contributed by atoms with van der Waals surface area (Å²) in [6.07, 6.45) is 2.43. The number of fused-ring (bicyclic) bond motifs is 1. The summed E-state index contributed by atoms with van der Waals surface area (Å²) in [6, 6.07) is 20.4. The van der Waals surface area contributed by atoms with Crippen LogP contribution in [0.25, 0.3) is 11.0 Å². The minimum Gasteiger partial charge on any atom is -0.465 e. The van der Waals surface area contributed by atoms with Crippen LogP contribution in [0.1, 0.15) is 31.1 Å². The molecule has 0 aliphatic carbocycles. The molecule has 1 aliphatic rings. The van der Waals surface area contributed by atoms with E-state index in [9.17, 15) is 14.4 Å². The van der Waals surface area contributed by atoms with Crippen molar-refractivity contribution in [3.63, 3.8) is 0 Å². The fourth-order valence-corrected chi connectivity index (χ4v) is 5.29. The van der Waals surface area contributed by atoms with E-state index < -0.39 is 35.8 Å². The molecule has 0 saturated carbocycles. The molecule has 2 unspecified atom stereocenters. The van der Waals surface area contributed by atoms with Crippen molar-refractivity contribution in [1.29, 1.82) is 0 Å². The number of rotatable bonds is 11. The van der Waals surface area contributed by atoms with Crippen LogP contribution in [0.3, 0.4) is 0 Å². The third kappa shape index (κ3) is 5.88. The normalized spacial score (nSPS) is 17.5. The monoisotopic (exact) mass is 557 g/mol. The first-order chi connectivity index (χ1) is 20.0. The van der Waals surface area contributed by atoms with Gasteiger partial charge >= 0.3 is 11.9 Å². The maximum absolute atomic E-state index is 14.1. The molecule has 212 valence electrons. The fourth-order valence-electron chi connectivity index (χ4n) is 5.29. The van der Waals surface area contributed by atoms with E-state index in [0.29, 0.717) is 16.6 Å². The average Bonchev–Trinajstić information content (AvgIpc) is 3.54. The Balaban J connectivity index is 1.60. The number of amides is 1. The quantitative estimate of drug-likeness (QED) is 0.202. The van der Waals surface area contributed by atoms with Crippen molar-refractivity contribution in [2.45, 2.75) is 26.5 Å². The molecule has 2 aromatic carbocycles. The fraction of sp³-hybridized carbons (Fsp3) is 0.333. The molecule has 1 fully saturated rings. The van der Waals surface area contributed by atoms with E-state index in [1.54, 1.807) is 37.2 Å². The summed E-state index contributed by atoms with van der Waals surface area (Å²) in [6.45, 7) is 3.86. The maximum Gasteiger partial charge on any atom is 0.321 e. The number of para-hydroxylation sites is 1. The Morgan fingerprint density at radius 2 is 1.66 bits per heavy atom. The highest BCUT2D eigenvalue weighted by Crippen LogP contribution is 2.41. The van der Waals surface area contributed by atoms with Gasteiger partial charge in [0, 0.05) is 37.0 Å². The summed E-state index contributed by atoms with van der Waals surface area (Å²) in [5.74, 6) is -5.29. The van der Waals surface area contributed by atoms with Gasteiger partial charge in [-0.25, -0.2) is 0 Å². The number of pyridine rings is 1. The Morgan fingerprint density at radius 1 is 0.951 bits per heavy atom. The van der Waals surface area contributed by atoms with Gasteiger partial charge in [-0.2, -0.15) is 0 Å². The summed E-state index contributed by atoms with van der Waals surface area (Å²) < 4.78 is 10.6. The van der Waals surface area contributed by atoms with Crippen molar-refractivity contribution in [1.82, 2.24) is 25.0 Å². The summed E-state index contributed by atoms with van der Waals surface area (Å²) in [5, 5.41) is 8.36. The van der Waals surface area contributed by atoms with Gasteiger partial charge in [-0.3, -0.25) is 19.4 Å². The van der Waals surface area contributed by atoms with Crippen LogP contribution >= 0.6 is 0 Å². The molecular weight excluding hydrogens is 526 g/mol. The Labute approximate surface area is 237 Å². The molecule has 11 nitrogen and oxygen atoms in total. The summed E-state index contributed by atoms with van der Waals surface area (Å²) in [5.41, 5.74) is 2.79. The van der Waals surface area contributed by atoms with Crippen LogP contribution in [-0.2, 0) is 30.4 Å². The molecule has 2 aromatic heterocycles. The van der Waals surface area contributed by atoms with Gasteiger partial charge in [0.25, 0.3) is 0 Å². The lowest BCUT2D eigenvalue weighted by atomic mass is 9.78.